The molecule has 1 saturated heterocycles. The lowest BCUT2D eigenvalue weighted by Crippen LogP contribution is -2.38. The van der Waals surface area contributed by atoms with Crippen LogP contribution in [0.4, 0.5) is 0 Å². The monoisotopic (exact) mass is 206 g/mol. The second-order valence-electron chi connectivity index (χ2n) is 4.10. The highest BCUT2D eigenvalue weighted by Gasteiger charge is 2.21. The Kier molecular flexibility index (Phi) is 3.09. The van der Waals surface area contributed by atoms with Gasteiger partial charge in [0.1, 0.15) is 0 Å². The lowest BCUT2D eigenvalue weighted by molar-refractivity contribution is -0.132. The van der Waals surface area contributed by atoms with Gasteiger partial charge in [0.05, 0.1) is 0 Å². The molecule has 0 radical (unpaired) electrons. The molecular weight excluding hydrogens is 188 g/mol. The van der Waals surface area contributed by atoms with Gasteiger partial charge in [0.15, 0.2) is 0 Å². The fourth-order valence-electron chi connectivity index (χ4n) is 2.23. The summed E-state index contributed by atoms with van der Waals surface area (Å²) >= 11 is 0. The van der Waals surface area contributed by atoms with Crippen molar-refractivity contribution in [3.05, 3.63) is 24.5 Å². The van der Waals surface area contributed by atoms with Crippen LogP contribution in [0.2, 0.25) is 0 Å². The van der Waals surface area contributed by atoms with Crippen molar-refractivity contribution in [1.82, 2.24) is 9.47 Å². The minimum absolute atomic E-state index is 0.293. The molecule has 2 rings (SSSR count). The van der Waals surface area contributed by atoms with Crippen molar-refractivity contribution in [1.29, 1.82) is 0 Å². The number of amides is 1. The summed E-state index contributed by atoms with van der Waals surface area (Å²) in [6.07, 6.45) is 7.03. The molecule has 1 aromatic rings. The highest BCUT2D eigenvalue weighted by Crippen LogP contribution is 2.22. The van der Waals surface area contributed by atoms with E-state index in [2.05, 4.69) is 29.1 Å². The third-order valence-corrected chi connectivity index (χ3v) is 3.17. The Hall–Kier alpha value is -1.25. The molecule has 15 heavy (non-hydrogen) atoms. The van der Waals surface area contributed by atoms with Gasteiger partial charge in [-0.05, 0) is 25.0 Å². The number of rotatable bonds is 2. The quantitative estimate of drug-likeness (QED) is 0.727. The normalized spacial score (nSPS) is 18.1. The summed E-state index contributed by atoms with van der Waals surface area (Å²) < 4.78 is 2.26. The third-order valence-electron chi connectivity index (χ3n) is 3.17. The molecule has 1 fully saturated rings. The van der Waals surface area contributed by atoms with E-state index in [1.807, 2.05) is 11.8 Å². The van der Waals surface area contributed by atoms with Crippen LogP contribution >= 0.6 is 0 Å². The highest BCUT2D eigenvalue weighted by atomic mass is 16.2. The van der Waals surface area contributed by atoms with Crippen LogP contribution < -0.4 is 0 Å². The number of hydrogen-bond donors (Lipinski definition) is 0. The fourth-order valence-corrected chi connectivity index (χ4v) is 2.23. The van der Waals surface area contributed by atoms with Crippen LogP contribution in [0.5, 0.6) is 0 Å². The summed E-state index contributed by atoms with van der Waals surface area (Å²) in [6, 6.07) is 4.70. The van der Waals surface area contributed by atoms with E-state index in [9.17, 15) is 4.79 Å². The number of hydrogen-bond acceptors (Lipinski definition) is 1. The molecule has 0 saturated carbocycles. The molecule has 0 bridgehead atoms. The van der Waals surface area contributed by atoms with Crippen LogP contribution in [-0.4, -0.2) is 28.5 Å². The van der Waals surface area contributed by atoms with Gasteiger partial charge in [-0.2, -0.15) is 0 Å². The Balaban J connectivity index is 1.90. The molecule has 2 heterocycles. The molecule has 0 unspecified atom stereocenters. The van der Waals surface area contributed by atoms with Crippen molar-refractivity contribution in [3.8, 4) is 0 Å². The van der Waals surface area contributed by atoms with E-state index >= 15 is 0 Å². The third kappa shape index (κ3) is 2.22. The van der Waals surface area contributed by atoms with Crippen LogP contribution in [0, 0.1) is 0 Å². The summed E-state index contributed by atoms with van der Waals surface area (Å²) in [7, 11) is 0. The van der Waals surface area contributed by atoms with E-state index in [4.69, 9.17) is 0 Å². The second-order valence-corrected chi connectivity index (χ2v) is 4.10. The zero-order valence-corrected chi connectivity index (χ0v) is 9.22. The maximum absolute atomic E-state index is 11.5. The SMILES string of the molecule is CCC(=O)N1CCC(n2cccc2)CC1. The molecule has 3 heteroatoms. The molecular formula is C12H18N2O. The first kappa shape index (κ1) is 10.3. The number of carbonyl (C=O) groups is 1. The van der Waals surface area contributed by atoms with E-state index < -0.39 is 0 Å². The average Bonchev–Trinajstić information content (AvgIpc) is 2.82. The zero-order valence-electron chi connectivity index (χ0n) is 9.22. The first-order valence-corrected chi connectivity index (χ1v) is 5.71. The van der Waals surface area contributed by atoms with Crippen LogP contribution in [0.1, 0.15) is 32.2 Å². The summed E-state index contributed by atoms with van der Waals surface area (Å²) in [5, 5.41) is 0. The van der Waals surface area contributed by atoms with Gasteiger partial charge in [-0.1, -0.05) is 6.92 Å². The topological polar surface area (TPSA) is 25.2 Å². The number of likely N-dealkylation sites (tertiary alicyclic amines) is 1. The molecule has 1 amide bonds. The maximum Gasteiger partial charge on any atom is 0.222 e. The van der Waals surface area contributed by atoms with E-state index in [0.717, 1.165) is 25.9 Å². The van der Waals surface area contributed by atoms with Gasteiger partial charge in [-0.25, -0.2) is 0 Å². The van der Waals surface area contributed by atoms with Gasteiger partial charge in [0, 0.05) is 37.9 Å². The van der Waals surface area contributed by atoms with Gasteiger partial charge in [0.25, 0.3) is 0 Å². The predicted molar refractivity (Wildman–Crippen MR) is 59.6 cm³/mol. The standard InChI is InChI=1S/C12H18N2O/c1-2-12(15)14-9-5-11(6-10-14)13-7-3-4-8-13/h3-4,7-8,11H,2,5-6,9-10H2,1H3. The lowest BCUT2D eigenvalue weighted by Gasteiger charge is -2.32. The van der Waals surface area contributed by atoms with E-state index in [1.54, 1.807) is 0 Å². The molecule has 3 nitrogen and oxygen atoms in total. The van der Waals surface area contributed by atoms with Crippen molar-refractivity contribution in [2.75, 3.05) is 13.1 Å². The molecule has 82 valence electrons. The zero-order chi connectivity index (χ0) is 10.7. The van der Waals surface area contributed by atoms with Crippen molar-refractivity contribution in [2.45, 2.75) is 32.2 Å². The molecule has 1 aromatic heterocycles. The number of piperidine rings is 1. The molecule has 1 aliphatic heterocycles. The number of carbonyl (C=O) groups excluding carboxylic acids is 1. The summed E-state index contributed by atoms with van der Waals surface area (Å²) in [5.41, 5.74) is 0. The molecule has 0 atom stereocenters. The highest BCUT2D eigenvalue weighted by molar-refractivity contribution is 5.75. The van der Waals surface area contributed by atoms with Crippen molar-refractivity contribution < 1.29 is 4.79 Å². The molecule has 0 N–H and O–H groups in total. The largest absolute Gasteiger partial charge is 0.351 e. The van der Waals surface area contributed by atoms with Gasteiger partial charge in [-0.3, -0.25) is 4.79 Å². The van der Waals surface area contributed by atoms with E-state index in [1.165, 1.54) is 0 Å². The Morgan fingerprint density at radius 1 is 1.27 bits per heavy atom. The minimum Gasteiger partial charge on any atom is -0.351 e. The smallest absolute Gasteiger partial charge is 0.222 e. The van der Waals surface area contributed by atoms with Gasteiger partial charge >= 0.3 is 0 Å². The summed E-state index contributed by atoms with van der Waals surface area (Å²) in [5.74, 6) is 0.293. The number of nitrogens with zero attached hydrogens (tertiary/aromatic N) is 2. The minimum atomic E-state index is 0.293. The Labute approximate surface area is 90.7 Å². The first-order valence-electron chi connectivity index (χ1n) is 5.71. The van der Waals surface area contributed by atoms with Gasteiger partial charge < -0.3 is 9.47 Å². The molecule has 0 aromatic carbocycles. The second kappa shape index (κ2) is 4.51. The lowest BCUT2D eigenvalue weighted by atomic mass is 10.0. The van der Waals surface area contributed by atoms with Crippen LogP contribution in [-0.2, 0) is 4.79 Å². The van der Waals surface area contributed by atoms with Crippen LogP contribution in [0.15, 0.2) is 24.5 Å². The van der Waals surface area contributed by atoms with Crippen molar-refractivity contribution in [2.24, 2.45) is 0 Å². The first-order chi connectivity index (χ1) is 7.31. The Bertz CT molecular complexity index is 310. The molecule has 1 aliphatic rings. The van der Waals surface area contributed by atoms with Gasteiger partial charge in [-0.15, -0.1) is 0 Å². The summed E-state index contributed by atoms with van der Waals surface area (Å²) in [6.45, 7) is 3.76. The average molecular weight is 206 g/mol. The van der Waals surface area contributed by atoms with E-state index in [0.29, 0.717) is 18.4 Å². The number of aromatic nitrogens is 1. The van der Waals surface area contributed by atoms with E-state index in [-0.39, 0.29) is 0 Å². The fraction of sp³-hybridized carbons (Fsp3) is 0.583. The van der Waals surface area contributed by atoms with Gasteiger partial charge in [0.2, 0.25) is 5.91 Å². The van der Waals surface area contributed by atoms with Crippen molar-refractivity contribution in [3.63, 3.8) is 0 Å². The molecule has 0 spiro atoms. The summed E-state index contributed by atoms with van der Waals surface area (Å²) in [4.78, 5) is 13.5. The Morgan fingerprint density at radius 3 is 2.40 bits per heavy atom. The predicted octanol–water partition coefficient (Wildman–Crippen LogP) is 2.06. The molecule has 0 aliphatic carbocycles. The maximum atomic E-state index is 11.5. The van der Waals surface area contributed by atoms with Crippen molar-refractivity contribution >= 4 is 5.91 Å². The van der Waals surface area contributed by atoms with Crippen LogP contribution in [0.3, 0.4) is 0 Å². The van der Waals surface area contributed by atoms with Crippen LogP contribution in [0.25, 0.3) is 0 Å². The Morgan fingerprint density at radius 2 is 1.87 bits per heavy atom.